The van der Waals surface area contributed by atoms with Gasteiger partial charge in [0, 0.05) is 23.3 Å². The largest absolute Gasteiger partial charge is 0.495 e. The van der Waals surface area contributed by atoms with Crippen LogP contribution >= 0.6 is 0 Å². The highest BCUT2D eigenvalue weighted by Crippen LogP contribution is 2.45. The first-order valence-corrected chi connectivity index (χ1v) is 10.1. The number of non-ortho nitro benzene ring substituents is 1. The summed E-state index contributed by atoms with van der Waals surface area (Å²) in [5, 5.41) is 11.1. The van der Waals surface area contributed by atoms with Gasteiger partial charge >= 0.3 is 6.09 Å². The Bertz CT molecular complexity index is 1220. The number of carbonyl (C=O) groups excluding carboxylic acids is 2. The third kappa shape index (κ3) is 4.31. The molecule has 1 amide bonds. The quantitative estimate of drug-likeness (QED) is 0.299. The fourth-order valence-corrected chi connectivity index (χ4v) is 3.82. The number of ether oxygens (including phenoxy) is 2. The van der Waals surface area contributed by atoms with E-state index < -0.39 is 17.1 Å². The van der Waals surface area contributed by atoms with Gasteiger partial charge in [0.15, 0.2) is 0 Å². The summed E-state index contributed by atoms with van der Waals surface area (Å²) in [6.45, 7) is 0.0355. The van der Waals surface area contributed by atoms with E-state index in [1.165, 1.54) is 36.3 Å². The van der Waals surface area contributed by atoms with E-state index in [2.05, 4.69) is 0 Å². The number of para-hydroxylation sites is 1. The number of fused-ring (bicyclic) bond motifs is 1. The predicted molar refractivity (Wildman–Crippen MR) is 122 cm³/mol. The second kappa shape index (κ2) is 9.35. The summed E-state index contributed by atoms with van der Waals surface area (Å²) < 4.78 is 11.1. The Morgan fingerprint density at radius 1 is 1.06 bits per heavy atom. The first-order valence-electron chi connectivity index (χ1n) is 10.1. The second-order valence-electron chi connectivity index (χ2n) is 7.32. The molecule has 1 atom stereocenters. The number of methoxy groups -OCH3 is 1. The number of hydrogen-bond acceptors (Lipinski definition) is 6. The van der Waals surface area contributed by atoms with Gasteiger partial charge in [0.1, 0.15) is 18.6 Å². The van der Waals surface area contributed by atoms with Crippen LogP contribution in [0.5, 0.6) is 5.75 Å². The lowest BCUT2D eigenvalue weighted by molar-refractivity contribution is -0.384. The molecule has 8 nitrogen and oxygen atoms in total. The highest BCUT2D eigenvalue weighted by molar-refractivity contribution is 6.01. The van der Waals surface area contributed by atoms with Gasteiger partial charge in [0.05, 0.1) is 23.8 Å². The molecule has 0 spiro atoms. The monoisotopic (exact) mass is 444 g/mol. The number of nitro groups is 1. The maximum absolute atomic E-state index is 13.4. The number of hydrogen-bond donors (Lipinski definition) is 0. The summed E-state index contributed by atoms with van der Waals surface area (Å²) in [4.78, 5) is 37.4. The van der Waals surface area contributed by atoms with Crippen LogP contribution in [0, 0.1) is 10.1 Å². The molecule has 3 aromatic rings. The lowest BCUT2D eigenvalue weighted by Crippen LogP contribution is -2.39. The molecule has 166 valence electrons. The first-order chi connectivity index (χ1) is 16.0. The van der Waals surface area contributed by atoms with Crippen LogP contribution in [0.15, 0.2) is 78.4 Å². The van der Waals surface area contributed by atoms with Crippen molar-refractivity contribution in [1.82, 2.24) is 0 Å². The number of anilines is 1. The molecule has 0 saturated carbocycles. The number of nitro benzene ring substituents is 1. The van der Waals surface area contributed by atoms with Crippen molar-refractivity contribution in [2.45, 2.75) is 12.6 Å². The number of benzene rings is 3. The van der Waals surface area contributed by atoms with E-state index in [-0.39, 0.29) is 12.3 Å². The van der Waals surface area contributed by atoms with Crippen molar-refractivity contribution in [3.05, 3.63) is 105 Å². The van der Waals surface area contributed by atoms with Crippen LogP contribution in [-0.4, -0.2) is 24.4 Å². The number of nitrogens with zero attached hydrogens (tertiary/aromatic N) is 2. The lowest BCUT2D eigenvalue weighted by atomic mass is 9.90. The van der Waals surface area contributed by atoms with E-state index in [1.807, 2.05) is 30.3 Å². The van der Waals surface area contributed by atoms with Crippen molar-refractivity contribution < 1.29 is 24.0 Å². The lowest BCUT2D eigenvalue weighted by Gasteiger charge is -2.36. The summed E-state index contributed by atoms with van der Waals surface area (Å²) in [7, 11) is 1.49. The summed E-state index contributed by atoms with van der Waals surface area (Å²) in [6, 6.07) is 19.3. The van der Waals surface area contributed by atoms with Crippen LogP contribution in [0.25, 0.3) is 6.08 Å². The first kappa shape index (κ1) is 21.8. The predicted octanol–water partition coefficient (Wildman–Crippen LogP) is 5.08. The Labute approximate surface area is 189 Å². The molecule has 8 heteroatoms. The minimum absolute atomic E-state index is 0.0355. The Morgan fingerprint density at radius 2 is 1.79 bits per heavy atom. The molecular weight excluding hydrogens is 424 g/mol. The molecule has 0 radical (unpaired) electrons. The number of carbonyl (C=O) groups is 2. The average molecular weight is 444 g/mol. The third-order valence-electron chi connectivity index (χ3n) is 5.34. The zero-order valence-corrected chi connectivity index (χ0v) is 17.7. The fourth-order valence-electron chi connectivity index (χ4n) is 3.82. The number of aldehydes is 1. The van der Waals surface area contributed by atoms with Crippen LogP contribution < -0.4 is 9.64 Å². The molecule has 1 aliphatic rings. The molecule has 0 aliphatic carbocycles. The van der Waals surface area contributed by atoms with E-state index in [0.29, 0.717) is 34.4 Å². The molecule has 0 aromatic heterocycles. The third-order valence-corrected chi connectivity index (χ3v) is 5.34. The van der Waals surface area contributed by atoms with Crippen molar-refractivity contribution in [2.24, 2.45) is 0 Å². The topological polar surface area (TPSA) is 99.0 Å². The van der Waals surface area contributed by atoms with Crippen LogP contribution in [0.4, 0.5) is 16.2 Å². The van der Waals surface area contributed by atoms with Gasteiger partial charge in [0.25, 0.3) is 5.69 Å². The van der Waals surface area contributed by atoms with Crippen molar-refractivity contribution in [1.29, 1.82) is 0 Å². The SMILES string of the molecule is COc1cccc2c1N(C(=O)OCc1ccccc1)[C@H](c1ccc([N+](=O)[O-])cc1)C(C=O)=C2. The molecule has 4 rings (SSSR count). The molecule has 33 heavy (non-hydrogen) atoms. The van der Waals surface area contributed by atoms with Crippen LogP contribution in [-0.2, 0) is 16.1 Å². The molecule has 1 heterocycles. The number of amides is 1. The average Bonchev–Trinajstić information content (AvgIpc) is 2.86. The zero-order chi connectivity index (χ0) is 23.4. The van der Waals surface area contributed by atoms with Gasteiger partial charge < -0.3 is 9.47 Å². The molecule has 0 fully saturated rings. The maximum atomic E-state index is 13.4. The zero-order valence-electron chi connectivity index (χ0n) is 17.7. The Morgan fingerprint density at radius 3 is 2.42 bits per heavy atom. The van der Waals surface area contributed by atoms with Gasteiger partial charge in [-0.15, -0.1) is 0 Å². The van der Waals surface area contributed by atoms with Crippen molar-refractivity contribution in [3.63, 3.8) is 0 Å². The summed E-state index contributed by atoms with van der Waals surface area (Å²) in [6.07, 6.45) is 1.67. The van der Waals surface area contributed by atoms with Crippen molar-refractivity contribution in [3.8, 4) is 5.75 Å². The van der Waals surface area contributed by atoms with Gasteiger partial charge in [-0.2, -0.15) is 0 Å². The summed E-state index contributed by atoms with van der Waals surface area (Å²) in [5.41, 5.74) is 2.61. The van der Waals surface area contributed by atoms with Gasteiger partial charge in [-0.05, 0) is 35.4 Å². The number of rotatable bonds is 6. The summed E-state index contributed by atoms with van der Waals surface area (Å²) >= 11 is 0. The molecule has 0 unspecified atom stereocenters. The Hall–Kier alpha value is -4.46. The van der Waals surface area contributed by atoms with Crippen LogP contribution in [0.1, 0.15) is 22.7 Å². The summed E-state index contributed by atoms with van der Waals surface area (Å²) in [5.74, 6) is 0.428. The maximum Gasteiger partial charge on any atom is 0.415 e. The van der Waals surface area contributed by atoms with Crippen molar-refractivity contribution >= 4 is 29.8 Å². The van der Waals surface area contributed by atoms with E-state index >= 15 is 0 Å². The highest BCUT2D eigenvalue weighted by atomic mass is 16.6. The molecule has 0 bridgehead atoms. The standard InChI is InChI=1S/C25H20N2O6/c1-32-22-9-5-8-19-14-20(15-28)23(18-10-12-21(13-11-18)27(30)31)26(24(19)22)25(29)33-16-17-6-3-2-4-7-17/h2-15,23H,16H2,1H3/t23-/m1/s1. The minimum atomic E-state index is -0.852. The molecule has 3 aromatic carbocycles. The van der Waals surface area contributed by atoms with Crippen LogP contribution in [0.2, 0.25) is 0 Å². The van der Waals surface area contributed by atoms with Gasteiger partial charge in [-0.1, -0.05) is 42.5 Å². The normalized spacial score (nSPS) is 14.6. The van der Waals surface area contributed by atoms with Crippen LogP contribution in [0.3, 0.4) is 0 Å². The molecular formula is C25H20N2O6. The van der Waals surface area contributed by atoms with E-state index in [4.69, 9.17) is 9.47 Å². The van der Waals surface area contributed by atoms with Gasteiger partial charge in [0.2, 0.25) is 0 Å². The highest BCUT2D eigenvalue weighted by Gasteiger charge is 2.37. The van der Waals surface area contributed by atoms with Gasteiger partial charge in [-0.25, -0.2) is 4.79 Å². The van der Waals surface area contributed by atoms with E-state index in [9.17, 15) is 19.7 Å². The smallest absolute Gasteiger partial charge is 0.415 e. The van der Waals surface area contributed by atoms with E-state index in [0.717, 1.165) is 5.56 Å². The van der Waals surface area contributed by atoms with E-state index in [1.54, 1.807) is 24.3 Å². The van der Waals surface area contributed by atoms with Gasteiger partial charge in [-0.3, -0.25) is 19.8 Å². The Kier molecular flexibility index (Phi) is 6.17. The Balaban J connectivity index is 1.80. The minimum Gasteiger partial charge on any atom is -0.495 e. The fraction of sp³-hybridized carbons (Fsp3) is 0.120. The molecule has 0 N–H and O–H groups in total. The molecule has 1 aliphatic heterocycles. The molecule has 0 saturated heterocycles. The van der Waals surface area contributed by atoms with Crippen molar-refractivity contribution in [2.75, 3.05) is 12.0 Å². The second-order valence-corrected chi connectivity index (χ2v) is 7.32.